The van der Waals surface area contributed by atoms with Gasteiger partial charge in [0, 0.05) is 0 Å². The highest BCUT2D eigenvalue weighted by Gasteiger charge is 2.45. The molecule has 1 saturated carbocycles. The summed E-state index contributed by atoms with van der Waals surface area (Å²) in [6, 6.07) is 0. The first-order valence-corrected chi connectivity index (χ1v) is 6.00. The summed E-state index contributed by atoms with van der Waals surface area (Å²) in [7, 11) is 0. The van der Waals surface area contributed by atoms with Crippen molar-refractivity contribution in [2.24, 2.45) is 0 Å². The van der Waals surface area contributed by atoms with Gasteiger partial charge in [-0.25, -0.2) is 4.79 Å². The van der Waals surface area contributed by atoms with Crippen molar-refractivity contribution < 1.29 is 35.9 Å². The smallest absolute Gasteiger partial charge is 0.455 e. The maximum atomic E-state index is 12.2. The van der Waals surface area contributed by atoms with Crippen LogP contribution >= 0.6 is 11.8 Å². The van der Waals surface area contributed by atoms with Gasteiger partial charge in [0.25, 0.3) is 0 Å². The molecule has 106 valence electrons. The average molecular weight is 296 g/mol. The molecule has 0 radical (unpaired) electrons. The molecule has 0 aromatic rings. The SMILES string of the molecule is O=C(O[C@@H]1CCCC[C@H]1SC(F)(F)F)C(F)(F)F. The predicted molar refractivity (Wildman–Crippen MR) is 51.8 cm³/mol. The molecule has 18 heavy (non-hydrogen) atoms. The molecule has 2 nitrogen and oxygen atoms in total. The molecule has 0 aromatic carbocycles. The molecule has 1 aliphatic rings. The van der Waals surface area contributed by atoms with Gasteiger partial charge in [0.15, 0.2) is 0 Å². The zero-order valence-electron chi connectivity index (χ0n) is 8.98. The lowest BCUT2D eigenvalue weighted by Gasteiger charge is -2.31. The first kappa shape index (κ1) is 15.5. The van der Waals surface area contributed by atoms with Crippen LogP contribution in [0.5, 0.6) is 0 Å². The van der Waals surface area contributed by atoms with Gasteiger partial charge >= 0.3 is 17.7 Å². The van der Waals surface area contributed by atoms with Crippen LogP contribution in [0.2, 0.25) is 0 Å². The summed E-state index contributed by atoms with van der Waals surface area (Å²) < 4.78 is 76.6. The van der Waals surface area contributed by atoms with Gasteiger partial charge in [-0.1, -0.05) is 6.42 Å². The minimum absolute atomic E-state index is 0.0234. The van der Waals surface area contributed by atoms with E-state index < -0.39 is 40.8 Å². The second kappa shape index (κ2) is 5.58. The normalized spacial score (nSPS) is 25.9. The Bertz CT molecular complexity index is 300. The summed E-state index contributed by atoms with van der Waals surface area (Å²) >= 11 is -0.406. The third kappa shape index (κ3) is 4.95. The topological polar surface area (TPSA) is 26.3 Å². The number of carbonyl (C=O) groups excluding carboxylic acids is 1. The molecule has 1 fully saturated rings. The molecule has 0 saturated heterocycles. The largest absolute Gasteiger partial charge is 0.490 e. The van der Waals surface area contributed by atoms with Crippen molar-refractivity contribution in [2.75, 3.05) is 0 Å². The van der Waals surface area contributed by atoms with E-state index in [1.165, 1.54) is 0 Å². The minimum Gasteiger partial charge on any atom is -0.455 e. The summed E-state index contributed by atoms with van der Waals surface area (Å²) in [6.45, 7) is 0. The molecule has 0 amide bonds. The third-order valence-corrected chi connectivity index (χ3v) is 3.53. The van der Waals surface area contributed by atoms with E-state index in [4.69, 9.17) is 0 Å². The summed E-state index contributed by atoms with van der Waals surface area (Å²) in [5.41, 5.74) is -4.55. The monoisotopic (exact) mass is 296 g/mol. The predicted octanol–water partition coefficient (Wildman–Crippen LogP) is 3.66. The Morgan fingerprint density at radius 3 is 2.11 bits per heavy atom. The lowest BCUT2D eigenvalue weighted by atomic mass is 9.97. The number of esters is 1. The number of ether oxygens (including phenoxy) is 1. The number of rotatable bonds is 2. The maximum Gasteiger partial charge on any atom is 0.490 e. The van der Waals surface area contributed by atoms with Crippen LogP contribution in [0.15, 0.2) is 0 Å². The molecule has 0 N–H and O–H groups in total. The summed E-state index contributed by atoms with van der Waals surface area (Å²) in [4.78, 5) is 10.6. The van der Waals surface area contributed by atoms with Crippen LogP contribution in [0.1, 0.15) is 25.7 Å². The Kier molecular flexibility index (Phi) is 4.79. The van der Waals surface area contributed by atoms with Crippen LogP contribution in [0.25, 0.3) is 0 Å². The second-order valence-corrected chi connectivity index (χ2v) is 5.13. The molecule has 0 aromatic heterocycles. The quantitative estimate of drug-likeness (QED) is 0.574. The fraction of sp³-hybridized carbons (Fsp3) is 0.889. The minimum atomic E-state index is -5.18. The van der Waals surface area contributed by atoms with Gasteiger partial charge < -0.3 is 4.74 Å². The van der Waals surface area contributed by atoms with Crippen molar-refractivity contribution in [3.63, 3.8) is 0 Å². The van der Waals surface area contributed by atoms with Crippen molar-refractivity contribution in [2.45, 2.75) is 48.7 Å². The van der Waals surface area contributed by atoms with Crippen LogP contribution in [0, 0.1) is 0 Å². The summed E-state index contributed by atoms with van der Waals surface area (Å²) in [5.74, 6) is -2.43. The van der Waals surface area contributed by atoms with E-state index in [1.54, 1.807) is 0 Å². The molecule has 0 bridgehead atoms. The van der Waals surface area contributed by atoms with Crippen molar-refractivity contribution in [3.8, 4) is 0 Å². The second-order valence-electron chi connectivity index (χ2n) is 3.83. The summed E-state index contributed by atoms with van der Waals surface area (Å²) in [5, 5.41) is -1.16. The third-order valence-electron chi connectivity index (χ3n) is 2.42. The number of alkyl halides is 6. The molecule has 0 spiro atoms. The molecule has 0 heterocycles. The summed E-state index contributed by atoms with van der Waals surface area (Å²) in [6.07, 6.45) is -5.47. The zero-order valence-corrected chi connectivity index (χ0v) is 9.79. The van der Waals surface area contributed by atoms with Crippen molar-refractivity contribution >= 4 is 17.7 Å². The van der Waals surface area contributed by atoms with Gasteiger partial charge in [-0.3, -0.25) is 0 Å². The highest BCUT2D eigenvalue weighted by molar-refractivity contribution is 8.00. The number of hydrogen-bond acceptors (Lipinski definition) is 3. The van der Waals surface area contributed by atoms with Gasteiger partial charge in [-0.05, 0) is 31.0 Å². The first-order chi connectivity index (χ1) is 8.09. The molecular weight excluding hydrogens is 286 g/mol. The maximum absolute atomic E-state index is 12.2. The Morgan fingerprint density at radius 2 is 1.61 bits per heavy atom. The molecule has 0 unspecified atom stereocenters. The van der Waals surface area contributed by atoms with E-state index in [-0.39, 0.29) is 12.8 Å². The standard InChI is InChI=1S/C9H10F6O2S/c10-8(11,12)7(16)17-5-3-1-2-4-6(5)18-9(13,14)15/h5-6H,1-4H2/t5-,6-/m1/s1. The van der Waals surface area contributed by atoms with E-state index >= 15 is 0 Å². The zero-order chi connectivity index (χ0) is 14.0. The number of hydrogen-bond donors (Lipinski definition) is 0. The molecule has 1 aliphatic carbocycles. The average Bonchev–Trinajstić information content (AvgIpc) is 2.17. The van der Waals surface area contributed by atoms with Crippen molar-refractivity contribution in [3.05, 3.63) is 0 Å². The Balaban J connectivity index is 2.63. The van der Waals surface area contributed by atoms with E-state index in [1.807, 2.05) is 0 Å². The molecule has 0 aliphatic heterocycles. The highest BCUT2D eigenvalue weighted by atomic mass is 32.2. The lowest BCUT2D eigenvalue weighted by molar-refractivity contribution is -0.205. The van der Waals surface area contributed by atoms with Crippen LogP contribution in [-0.2, 0) is 9.53 Å². The molecule has 9 heteroatoms. The lowest BCUT2D eigenvalue weighted by Crippen LogP contribution is -2.38. The van der Waals surface area contributed by atoms with E-state index in [0.717, 1.165) is 0 Å². The number of thioether (sulfide) groups is 1. The van der Waals surface area contributed by atoms with Crippen molar-refractivity contribution in [1.82, 2.24) is 0 Å². The molecule has 2 atom stereocenters. The van der Waals surface area contributed by atoms with Gasteiger partial charge in [0.05, 0.1) is 5.25 Å². The van der Waals surface area contributed by atoms with Gasteiger partial charge in [-0.2, -0.15) is 26.3 Å². The first-order valence-electron chi connectivity index (χ1n) is 5.12. The number of carbonyl (C=O) groups is 1. The van der Waals surface area contributed by atoms with Crippen LogP contribution < -0.4 is 0 Å². The van der Waals surface area contributed by atoms with E-state index in [0.29, 0.717) is 12.8 Å². The van der Waals surface area contributed by atoms with E-state index in [9.17, 15) is 31.1 Å². The number of halogens is 6. The van der Waals surface area contributed by atoms with Gasteiger partial charge in [0.1, 0.15) is 6.10 Å². The fourth-order valence-electron chi connectivity index (χ4n) is 1.71. The fourth-order valence-corrected chi connectivity index (χ4v) is 2.68. The highest BCUT2D eigenvalue weighted by Crippen LogP contribution is 2.41. The van der Waals surface area contributed by atoms with Gasteiger partial charge in [0.2, 0.25) is 0 Å². The van der Waals surface area contributed by atoms with Gasteiger partial charge in [-0.15, -0.1) is 0 Å². The Labute approximate surface area is 103 Å². The molecule has 1 rings (SSSR count). The Hall–Kier alpha value is -0.600. The van der Waals surface area contributed by atoms with Crippen LogP contribution in [-0.4, -0.2) is 29.0 Å². The van der Waals surface area contributed by atoms with E-state index in [2.05, 4.69) is 4.74 Å². The van der Waals surface area contributed by atoms with Crippen LogP contribution in [0.3, 0.4) is 0 Å². The molecular formula is C9H10F6O2S. The van der Waals surface area contributed by atoms with Crippen molar-refractivity contribution in [1.29, 1.82) is 0 Å². The Morgan fingerprint density at radius 1 is 1.06 bits per heavy atom. The van der Waals surface area contributed by atoms with Crippen LogP contribution in [0.4, 0.5) is 26.3 Å².